The highest BCUT2D eigenvalue weighted by atomic mass is 35.5. The molecule has 2 aliphatic heterocycles. The van der Waals surface area contributed by atoms with Crippen molar-refractivity contribution in [3.63, 3.8) is 0 Å². The minimum absolute atomic E-state index is 0.160. The Kier molecular flexibility index (Phi) is 6.28. The van der Waals surface area contributed by atoms with Crippen LogP contribution >= 0.6 is 11.6 Å². The van der Waals surface area contributed by atoms with Crippen molar-refractivity contribution in [2.45, 2.75) is 31.6 Å². The van der Waals surface area contributed by atoms with Gasteiger partial charge in [-0.25, -0.2) is 4.98 Å². The van der Waals surface area contributed by atoms with Crippen molar-refractivity contribution in [2.24, 2.45) is 5.92 Å². The Bertz CT molecular complexity index is 1380. The van der Waals surface area contributed by atoms with E-state index in [1.807, 2.05) is 52.0 Å². The molecule has 7 heteroatoms. The standard InChI is InChI=1S/C29H28ClN3O3/c30-23-7-9-28-31-17-25(33(28)18-23)24(22-6-8-26-27(15-22)36-19-35-26)16-29(34)32-12-10-21(11-13-32)14-20-4-2-1-3-5-20/h1-9,15,17-18,21,24H,10-14,16,19H2. The predicted molar refractivity (Wildman–Crippen MR) is 139 cm³/mol. The molecule has 184 valence electrons. The van der Waals surface area contributed by atoms with Crippen molar-refractivity contribution in [1.82, 2.24) is 14.3 Å². The molecule has 6 nitrogen and oxygen atoms in total. The van der Waals surface area contributed by atoms with E-state index in [0.717, 1.165) is 55.0 Å². The molecule has 2 aliphatic rings. The van der Waals surface area contributed by atoms with Gasteiger partial charge in [0.05, 0.1) is 10.7 Å². The summed E-state index contributed by atoms with van der Waals surface area (Å²) in [5.74, 6) is 2.02. The van der Waals surface area contributed by atoms with Crippen LogP contribution in [-0.4, -0.2) is 40.1 Å². The summed E-state index contributed by atoms with van der Waals surface area (Å²) in [5.41, 5.74) is 4.10. The van der Waals surface area contributed by atoms with E-state index in [-0.39, 0.29) is 18.6 Å². The third-order valence-electron chi connectivity index (χ3n) is 7.37. The van der Waals surface area contributed by atoms with Gasteiger partial charge in [-0.15, -0.1) is 0 Å². The second-order valence-corrected chi connectivity index (χ2v) is 10.1. The summed E-state index contributed by atoms with van der Waals surface area (Å²) in [5, 5.41) is 0.623. The van der Waals surface area contributed by atoms with Crippen LogP contribution in [0, 0.1) is 5.92 Å². The highest BCUT2D eigenvalue weighted by Gasteiger charge is 2.29. The number of rotatable bonds is 6. The van der Waals surface area contributed by atoms with E-state index in [4.69, 9.17) is 21.1 Å². The lowest BCUT2D eigenvalue weighted by Gasteiger charge is -2.33. The van der Waals surface area contributed by atoms with Gasteiger partial charge in [-0.1, -0.05) is 48.0 Å². The van der Waals surface area contributed by atoms with Gasteiger partial charge in [-0.3, -0.25) is 4.79 Å². The fourth-order valence-corrected chi connectivity index (χ4v) is 5.55. The Morgan fingerprint density at radius 3 is 2.67 bits per heavy atom. The predicted octanol–water partition coefficient (Wildman–Crippen LogP) is 5.72. The third kappa shape index (κ3) is 4.65. The van der Waals surface area contributed by atoms with E-state index in [9.17, 15) is 4.79 Å². The fourth-order valence-electron chi connectivity index (χ4n) is 5.39. The van der Waals surface area contributed by atoms with Crippen LogP contribution in [0.2, 0.25) is 5.02 Å². The molecule has 1 saturated heterocycles. The zero-order valence-corrected chi connectivity index (χ0v) is 20.7. The first-order chi connectivity index (χ1) is 17.6. The monoisotopic (exact) mass is 501 g/mol. The molecule has 0 bridgehead atoms. The molecule has 4 aromatic rings. The first-order valence-corrected chi connectivity index (χ1v) is 12.9. The first-order valence-electron chi connectivity index (χ1n) is 12.5. The van der Waals surface area contributed by atoms with Crippen LogP contribution in [0.15, 0.2) is 73.1 Å². The van der Waals surface area contributed by atoms with Crippen molar-refractivity contribution in [1.29, 1.82) is 0 Å². The van der Waals surface area contributed by atoms with E-state index in [2.05, 4.69) is 35.3 Å². The molecule has 36 heavy (non-hydrogen) atoms. The Morgan fingerprint density at radius 2 is 1.83 bits per heavy atom. The number of pyridine rings is 1. The van der Waals surface area contributed by atoms with Crippen molar-refractivity contribution in [3.8, 4) is 11.5 Å². The Labute approximate surface area is 215 Å². The number of hydrogen-bond acceptors (Lipinski definition) is 4. The molecule has 0 spiro atoms. The Balaban J connectivity index is 1.22. The summed E-state index contributed by atoms with van der Waals surface area (Å²) in [4.78, 5) is 20.2. The maximum Gasteiger partial charge on any atom is 0.231 e. The molecule has 2 aromatic carbocycles. The minimum atomic E-state index is -0.192. The van der Waals surface area contributed by atoms with Crippen LogP contribution in [0.4, 0.5) is 0 Å². The van der Waals surface area contributed by atoms with Crippen molar-refractivity contribution >= 4 is 23.2 Å². The zero-order valence-electron chi connectivity index (χ0n) is 20.0. The SMILES string of the molecule is O=C(CC(c1ccc2c(c1)OCO2)c1cnc2ccc(Cl)cn12)N1CCC(Cc2ccccc2)CC1. The van der Waals surface area contributed by atoms with Gasteiger partial charge in [0.15, 0.2) is 11.5 Å². The summed E-state index contributed by atoms with van der Waals surface area (Å²) in [6.07, 6.45) is 7.19. The van der Waals surface area contributed by atoms with Crippen LogP contribution < -0.4 is 9.47 Å². The number of carbonyl (C=O) groups is 1. The summed E-state index contributed by atoms with van der Waals surface area (Å²) in [6, 6.07) is 20.3. The molecule has 6 rings (SSSR count). The molecule has 1 amide bonds. The largest absolute Gasteiger partial charge is 0.454 e. The number of aromatic nitrogens is 2. The number of halogens is 1. The van der Waals surface area contributed by atoms with Gasteiger partial charge in [-0.2, -0.15) is 0 Å². The summed E-state index contributed by atoms with van der Waals surface area (Å²) in [7, 11) is 0. The number of fused-ring (bicyclic) bond motifs is 2. The van der Waals surface area contributed by atoms with Gasteiger partial charge < -0.3 is 18.8 Å². The molecule has 2 aromatic heterocycles. The number of amides is 1. The van der Waals surface area contributed by atoms with E-state index >= 15 is 0 Å². The highest BCUT2D eigenvalue weighted by molar-refractivity contribution is 6.30. The molecule has 1 atom stereocenters. The van der Waals surface area contributed by atoms with Gasteiger partial charge in [-0.05, 0) is 60.6 Å². The summed E-state index contributed by atoms with van der Waals surface area (Å²) in [6.45, 7) is 1.80. The molecular weight excluding hydrogens is 474 g/mol. The van der Waals surface area contributed by atoms with Gasteiger partial charge in [0.2, 0.25) is 12.7 Å². The molecule has 1 unspecified atom stereocenters. The second kappa shape index (κ2) is 9.86. The number of piperidine rings is 1. The Morgan fingerprint density at radius 1 is 1.03 bits per heavy atom. The highest BCUT2D eigenvalue weighted by Crippen LogP contribution is 2.38. The minimum Gasteiger partial charge on any atom is -0.454 e. The number of imidazole rings is 1. The quantitative estimate of drug-likeness (QED) is 0.339. The van der Waals surface area contributed by atoms with E-state index < -0.39 is 0 Å². The first kappa shape index (κ1) is 22.9. The summed E-state index contributed by atoms with van der Waals surface area (Å²) < 4.78 is 13.1. The van der Waals surface area contributed by atoms with Crippen molar-refractivity contribution < 1.29 is 14.3 Å². The lowest BCUT2D eigenvalue weighted by molar-refractivity contribution is -0.132. The fraction of sp³-hybridized carbons (Fsp3) is 0.310. The average Bonchev–Trinajstić information content (AvgIpc) is 3.54. The number of ether oxygens (including phenoxy) is 2. The molecule has 4 heterocycles. The number of likely N-dealkylation sites (tertiary alicyclic amines) is 1. The topological polar surface area (TPSA) is 56.1 Å². The molecular formula is C29H28ClN3O3. The van der Waals surface area contributed by atoms with E-state index in [0.29, 0.717) is 23.1 Å². The van der Waals surface area contributed by atoms with Crippen LogP contribution in [0.1, 0.15) is 42.0 Å². The van der Waals surface area contributed by atoms with Crippen LogP contribution in [0.25, 0.3) is 5.65 Å². The third-order valence-corrected chi connectivity index (χ3v) is 7.59. The average molecular weight is 502 g/mol. The molecule has 0 saturated carbocycles. The van der Waals surface area contributed by atoms with Gasteiger partial charge in [0.1, 0.15) is 5.65 Å². The lowest BCUT2D eigenvalue weighted by atomic mass is 9.88. The van der Waals surface area contributed by atoms with E-state index in [1.54, 1.807) is 0 Å². The van der Waals surface area contributed by atoms with Crippen molar-refractivity contribution in [3.05, 3.63) is 94.9 Å². The van der Waals surface area contributed by atoms with Crippen LogP contribution in [0.3, 0.4) is 0 Å². The number of carbonyl (C=O) groups excluding carboxylic acids is 1. The second-order valence-electron chi connectivity index (χ2n) is 9.64. The van der Waals surface area contributed by atoms with E-state index in [1.165, 1.54) is 5.56 Å². The molecule has 1 fully saturated rings. The number of benzene rings is 2. The molecule has 0 N–H and O–H groups in total. The van der Waals surface area contributed by atoms with Crippen LogP contribution in [0.5, 0.6) is 11.5 Å². The van der Waals surface area contributed by atoms with Crippen LogP contribution in [-0.2, 0) is 11.2 Å². The van der Waals surface area contributed by atoms with Gasteiger partial charge in [0, 0.05) is 37.8 Å². The van der Waals surface area contributed by atoms with Crippen molar-refractivity contribution in [2.75, 3.05) is 19.9 Å². The maximum absolute atomic E-state index is 13.6. The van der Waals surface area contributed by atoms with Gasteiger partial charge in [0.25, 0.3) is 0 Å². The smallest absolute Gasteiger partial charge is 0.231 e. The summed E-state index contributed by atoms with van der Waals surface area (Å²) >= 11 is 6.31. The van der Waals surface area contributed by atoms with Gasteiger partial charge >= 0.3 is 0 Å². The maximum atomic E-state index is 13.6. The molecule has 0 aliphatic carbocycles. The Hall–Kier alpha value is -3.51. The lowest BCUT2D eigenvalue weighted by Crippen LogP contribution is -2.39. The number of hydrogen-bond donors (Lipinski definition) is 0. The zero-order chi connectivity index (χ0) is 24.5. The molecule has 0 radical (unpaired) electrons. The normalized spacial score (nSPS) is 16.4. The number of nitrogens with zero attached hydrogens (tertiary/aromatic N) is 3.